The fraction of sp³-hybridized carbons (Fsp3) is 0.154. The molecule has 0 aliphatic carbocycles. The third-order valence-electron chi connectivity index (χ3n) is 3.22. The molecule has 1 aromatic carbocycles. The number of fused-ring (bicyclic) bond motifs is 1. The Bertz CT molecular complexity index is 813. The van der Waals surface area contributed by atoms with Crippen LogP contribution in [0, 0.1) is 6.92 Å². The van der Waals surface area contributed by atoms with Gasteiger partial charge in [0, 0.05) is 0 Å². The molecule has 0 radical (unpaired) electrons. The molecule has 2 aromatic rings. The number of amides is 2. The average molecular weight is 317 g/mol. The second-order valence-corrected chi connectivity index (χ2v) is 5.51. The Morgan fingerprint density at radius 1 is 1.09 bits per heavy atom. The largest absolute Gasteiger partial charge is 0.334 e. The summed E-state index contributed by atoms with van der Waals surface area (Å²) in [7, 11) is 0. The fourth-order valence-electron chi connectivity index (χ4n) is 2.05. The molecule has 112 valence electrons. The van der Waals surface area contributed by atoms with Crippen molar-refractivity contribution in [2.45, 2.75) is 12.1 Å². The lowest BCUT2D eigenvalue weighted by atomic mass is 10.1. The maximum absolute atomic E-state index is 12.2. The van der Waals surface area contributed by atoms with Crippen LogP contribution in [0.5, 0.6) is 0 Å². The minimum Gasteiger partial charge on any atom is -0.334 e. The highest BCUT2D eigenvalue weighted by Gasteiger charge is 2.35. The maximum Gasteiger partial charge on any atom is 0.294 e. The first kappa shape index (κ1) is 14.3. The summed E-state index contributed by atoms with van der Waals surface area (Å²) in [4.78, 5) is 37.1. The highest BCUT2D eigenvalue weighted by atomic mass is 32.2. The van der Waals surface area contributed by atoms with Crippen molar-refractivity contribution in [3.8, 4) is 0 Å². The van der Waals surface area contributed by atoms with Gasteiger partial charge in [-0.15, -0.1) is 10.2 Å². The molecule has 0 atom stereocenters. The summed E-state index contributed by atoms with van der Waals surface area (Å²) in [5, 5.41) is 7.62. The van der Waals surface area contributed by atoms with E-state index >= 15 is 0 Å². The molecule has 9 heteroatoms. The molecule has 0 unspecified atom stereocenters. The van der Waals surface area contributed by atoms with Crippen LogP contribution in [0.2, 0.25) is 0 Å². The van der Waals surface area contributed by atoms with E-state index in [-0.39, 0.29) is 28.5 Å². The van der Waals surface area contributed by atoms with E-state index in [2.05, 4.69) is 10.2 Å². The van der Waals surface area contributed by atoms with Crippen LogP contribution in [0.1, 0.15) is 26.4 Å². The van der Waals surface area contributed by atoms with E-state index in [1.807, 2.05) is 0 Å². The van der Waals surface area contributed by atoms with Crippen molar-refractivity contribution in [2.75, 3.05) is 11.7 Å². The van der Waals surface area contributed by atoms with Gasteiger partial charge >= 0.3 is 0 Å². The predicted molar refractivity (Wildman–Crippen MR) is 78.8 cm³/mol. The molecule has 1 aromatic heterocycles. The van der Waals surface area contributed by atoms with Crippen molar-refractivity contribution in [3.05, 3.63) is 51.4 Å². The van der Waals surface area contributed by atoms with Gasteiger partial charge in [-0.1, -0.05) is 23.9 Å². The number of nitrogen functional groups attached to an aromatic ring is 1. The number of hydrogen-bond acceptors (Lipinski definition) is 7. The van der Waals surface area contributed by atoms with Crippen molar-refractivity contribution < 1.29 is 9.59 Å². The number of nitrogens with zero attached hydrogens (tertiary/aromatic N) is 4. The van der Waals surface area contributed by atoms with Crippen molar-refractivity contribution >= 4 is 23.6 Å². The van der Waals surface area contributed by atoms with E-state index in [1.54, 1.807) is 24.3 Å². The number of aromatic nitrogens is 3. The lowest BCUT2D eigenvalue weighted by Crippen LogP contribution is -2.34. The second-order valence-electron chi connectivity index (χ2n) is 4.60. The van der Waals surface area contributed by atoms with Gasteiger partial charge in [0.2, 0.25) is 5.16 Å². The molecule has 8 nitrogen and oxygen atoms in total. The smallest absolute Gasteiger partial charge is 0.294 e. The molecule has 0 saturated heterocycles. The van der Waals surface area contributed by atoms with Crippen LogP contribution in [0.25, 0.3) is 0 Å². The Labute approximate surface area is 128 Å². The summed E-state index contributed by atoms with van der Waals surface area (Å²) >= 11 is 0.994. The highest BCUT2D eigenvalue weighted by Crippen LogP contribution is 2.25. The topological polar surface area (TPSA) is 111 Å². The zero-order valence-electron chi connectivity index (χ0n) is 11.5. The molecule has 3 rings (SSSR count). The summed E-state index contributed by atoms with van der Waals surface area (Å²) in [6, 6.07) is 6.60. The normalized spacial score (nSPS) is 13.6. The van der Waals surface area contributed by atoms with Crippen molar-refractivity contribution in [1.29, 1.82) is 0 Å². The summed E-state index contributed by atoms with van der Waals surface area (Å²) in [6.45, 7) is 1.50. The molecule has 1 aliphatic rings. The molecule has 22 heavy (non-hydrogen) atoms. The Hall–Kier alpha value is -2.68. The number of benzene rings is 1. The number of carbonyl (C=O) groups excluding carboxylic acids is 2. The predicted octanol–water partition coefficient (Wildman–Crippen LogP) is 0.00632. The van der Waals surface area contributed by atoms with Crippen molar-refractivity contribution in [1.82, 2.24) is 19.8 Å². The second kappa shape index (κ2) is 5.26. The van der Waals surface area contributed by atoms with Gasteiger partial charge in [0.1, 0.15) is 5.69 Å². The number of thioether (sulfide) groups is 1. The van der Waals surface area contributed by atoms with E-state index in [0.717, 1.165) is 21.3 Å². The standard InChI is InChI=1S/C13H11N5O3S/c1-7-10(19)18(14)13(16-15-7)22-6-17-11(20)8-4-2-3-5-9(8)12(17)21/h2-5H,6,14H2,1H3. The van der Waals surface area contributed by atoms with Crippen molar-refractivity contribution in [3.63, 3.8) is 0 Å². The quantitative estimate of drug-likeness (QED) is 0.482. The molecular weight excluding hydrogens is 306 g/mol. The lowest BCUT2D eigenvalue weighted by Gasteiger charge is -2.13. The van der Waals surface area contributed by atoms with Gasteiger partial charge in [0.05, 0.1) is 17.0 Å². The first-order chi connectivity index (χ1) is 10.5. The number of hydrogen-bond donors (Lipinski definition) is 1. The maximum atomic E-state index is 12.2. The average Bonchev–Trinajstić information content (AvgIpc) is 2.77. The number of nitrogens with two attached hydrogens (primary N) is 1. The van der Waals surface area contributed by atoms with Crippen molar-refractivity contribution in [2.24, 2.45) is 0 Å². The minimum absolute atomic E-state index is 0.000722. The summed E-state index contributed by atoms with van der Waals surface area (Å²) < 4.78 is 0.852. The third kappa shape index (κ3) is 2.15. The first-order valence-corrected chi connectivity index (χ1v) is 7.28. The van der Waals surface area contributed by atoms with Gasteiger partial charge in [-0.05, 0) is 19.1 Å². The fourth-order valence-corrected chi connectivity index (χ4v) is 2.85. The zero-order valence-corrected chi connectivity index (χ0v) is 12.3. The Balaban J connectivity index is 1.82. The Kier molecular flexibility index (Phi) is 3.41. The number of rotatable bonds is 3. The minimum atomic E-state index is -0.472. The van der Waals surface area contributed by atoms with Crippen LogP contribution < -0.4 is 11.4 Å². The summed E-state index contributed by atoms with van der Waals surface area (Å²) in [5.74, 6) is 4.86. The van der Waals surface area contributed by atoms with E-state index in [4.69, 9.17) is 5.84 Å². The molecule has 0 spiro atoms. The van der Waals surface area contributed by atoms with E-state index in [1.165, 1.54) is 6.92 Å². The third-order valence-corrected chi connectivity index (χ3v) is 4.14. The molecule has 0 bridgehead atoms. The highest BCUT2D eigenvalue weighted by molar-refractivity contribution is 7.99. The van der Waals surface area contributed by atoms with E-state index in [0.29, 0.717) is 11.1 Å². The SMILES string of the molecule is Cc1nnc(SCN2C(=O)c3ccccc3C2=O)n(N)c1=O. The zero-order chi connectivity index (χ0) is 15.9. The molecule has 0 saturated carbocycles. The molecule has 2 amide bonds. The number of aryl methyl sites for hydroxylation is 1. The molecular formula is C13H11N5O3S. The van der Waals surface area contributed by atoms with Crippen LogP contribution in [0.3, 0.4) is 0 Å². The number of imide groups is 1. The van der Waals surface area contributed by atoms with Crippen LogP contribution in [-0.4, -0.2) is 37.5 Å². The van der Waals surface area contributed by atoms with E-state index in [9.17, 15) is 14.4 Å². The Morgan fingerprint density at radius 2 is 1.68 bits per heavy atom. The summed E-state index contributed by atoms with van der Waals surface area (Å²) in [5.41, 5.74) is 0.439. The Morgan fingerprint density at radius 3 is 2.27 bits per heavy atom. The molecule has 2 heterocycles. The molecule has 2 N–H and O–H groups in total. The number of carbonyl (C=O) groups is 2. The van der Waals surface area contributed by atoms with Gasteiger partial charge < -0.3 is 5.84 Å². The van der Waals surface area contributed by atoms with Gasteiger partial charge in [0.15, 0.2) is 0 Å². The van der Waals surface area contributed by atoms with Crippen LogP contribution in [0.15, 0.2) is 34.2 Å². The summed E-state index contributed by atoms with van der Waals surface area (Å²) in [6.07, 6.45) is 0. The lowest BCUT2D eigenvalue weighted by molar-refractivity contribution is 0.0684. The molecule has 0 fully saturated rings. The van der Waals surface area contributed by atoms with Gasteiger partial charge in [0.25, 0.3) is 17.4 Å². The van der Waals surface area contributed by atoms with Gasteiger partial charge in [-0.2, -0.15) is 4.68 Å². The van der Waals surface area contributed by atoms with Crippen LogP contribution in [-0.2, 0) is 0 Å². The molecule has 1 aliphatic heterocycles. The van der Waals surface area contributed by atoms with E-state index < -0.39 is 5.56 Å². The van der Waals surface area contributed by atoms with Gasteiger partial charge in [-0.3, -0.25) is 19.3 Å². The van der Waals surface area contributed by atoms with Crippen LogP contribution >= 0.6 is 11.8 Å². The van der Waals surface area contributed by atoms with Crippen LogP contribution in [0.4, 0.5) is 0 Å². The first-order valence-electron chi connectivity index (χ1n) is 6.30. The van der Waals surface area contributed by atoms with Gasteiger partial charge in [-0.25, -0.2) is 0 Å². The monoisotopic (exact) mass is 317 g/mol.